The first-order chi connectivity index (χ1) is 14.6. The van der Waals surface area contributed by atoms with Gasteiger partial charge in [0.15, 0.2) is 5.96 Å². The number of morpholine rings is 1. The molecular weight excluding hydrogens is 529 g/mol. The monoisotopic (exact) mass is 559 g/mol. The second-order valence-corrected chi connectivity index (χ2v) is 8.43. The molecule has 1 aromatic carbocycles. The molecule has 0 aliphatic carbocycles. The van der Waals surface area contributed by atoms with Crippen molar-refractivity contribution in [3.05, 3.63) is 52.8 Å². The number of hydrogen-bond donors (Lipinski definition) is 1. The Morgan fingerprint density at radius 2 is 2.06 bits per heavy atom. The van der Waals surface area contributed by atoms with Crippen LogP contribution < -0.4 is 5.32 Å². The topological polar surface area (TPSA) is 63.9 Å². The molecule has 2 fully saturated rings. The predicted octanol–water partition coefficient (Wildman–Crippen LogP) is 3.39. The van der Waals surface area contributed by atoms with E-state index in [2.05, 4.69) is 32.4 Å². The molecular formula is C22H31ClIN5O2. The van der Waals surface area contributed by atoms with Crippen molar-refractivity contribution in [2.75, 3.05) is 46.5 Å². The zero-order chi connectivity index (χ0) is 21.0. The third-order valence-corrected chi connectivity index (χ3v) is 6.48. The number of rotatable bonds is 4. The molecule has 1 N–H and O–H groups in total. The van der Waals surface area contributed by atoms with Gasteiger partial charge in [0.25, 0.3) is 0 Å². The second-order valence-electron chi connectivity index (χ2n) is 8.03. The fraction of sp³-hybridized carbons (Fsp3) is 0.545. The van der Waals surface area contributed by atoms with Gasteiger partial charge in [0.05, 0.1) is 19.3 Å². The zero-order valence-corrected chi connectivity index (χ0v) is 21.2. The van der Waals surface area contributed by atoms with Crippen molar-refractivity contribution < 1.29 is 9.47 Å². The number of halogens is 2. The molecule has 2 aromatic rings. The predicted molar refractivity (Wildman–Crippen MR) is 133 cm³/mol. The molecule has 2 saturated heterocycles. The standard InChI is InChI=1S/C22H30ClN5O2.HI/c1-24-21(28-9-12-30-20(15-28)17-13-26-27(2)14-17)25-16-22(7-10-29-11-8-22)18-5-3-4-6-19(18)23;/h3-6,13-14,20H,7-12,15-16H2,1-2H3,(H,24,25);1H. The molecule has 0 amide bonds. The molecule has 2 aliphatic heterocycles. The molecule has 1 atom stereocenters. The van der Waals surface area contributed by atoms with E-state index in [-0.39, 0.29) is 35.5 Å². The lowest BCUT2D eigenvalue weighted by atomic mass is 9.74. The molecule has 170 valence electrons. The number of nitrogens with one attached hydrogen (secondary N) is 1. The van der Waals surface area contributed by atoms with Crippen molar-refractivity contribution in [3.8, 4) is 0 Å². The molecule has 2 aliphatic rings. The Kier molecular flexibility index (Phi) is 8.60. The highest BCUT2D eigenvalue weighted by Gasteiger charge is 2.37. The van der Waals surface area contributed by atoms with E-state index in [4.69, 9.17) is 21.1 Å². The second kappa shape index (κ2) is 11.0. The highest BCUT2D eigenvalue weighted by Crippen LogP contribution is 2.38. The third-order valence-electron chi connectivity index (χ3n) is 6.15. The van der Waals surface area contributed by atoms with E-state index in [1.165, 1.54) is 5.56 Å². The van der Waals surface area contributed by atoms with Gasteiger partial charge in [0.2, 0.25) is 0 Å². The van der Waals surface area contributed by atoms with Gasteiger partial charge in [-0.1, -0.05) is 29.8 Å². The van der Waals surface area contributed by atoms with Crippen LogP contribution in [-0.2, 0) is 21.9 Å². The van der Waals surface area contributed by atoms with Crippen LogP contribution in [0.1, 0.15) is 30.1 Å². The molecule has 9 heteroatoms. The van der Waals surface area contributed by atoms with Crippen LogP contribution in [0.3, 0.4) is 0 Å². The van der Waals surface area contributed by atoms with E-state index < -0.39 is 0 Å². The Bertz CT molecular complexity index is 884. The molecule has 4 rings (SSSR count). The summed E-state index contributed by atoms with van der Waals surface area (Å²) in [6.07, 6.45) is 5.74. The van der Waals surface area contributed by atoms with Crippen molar-refractivity contribution in [3.63, 3.8) is 0 Å². The van der Waals surface area contributed by atoms with Crippen molar-refractivity contribution in [2.45, 2.75) is 24.4 Å². The molecule has 31 heavy (non-hydrogen) atoms. The summed E-state index contributed by atoms with van der Waals surface area (Å²) in [4.78, 5) is 6.83. The smallest absolute Gasteiger partial charge is 0.193 e. The summed E-state index contributed by atoms with van der Waals surface area (Å²) in [6, 6.07) is 8.17. The molecule has 0 radical (unpaired) electrons. The molecule has 1 unspecified atom stereocenters. The van der Waals surface area contributed by atoms with Crippen LogP contribution in [0, 0.1) is 0 Å². The zero-order valence-electron chi connectivity index (χ0n) is 18.1. The van der Waals surface area contributed by atoms with Crippen molar-refractivity contribution in [1.29, 1.82) is 0 Å². The van der Waals surface area contributed by atoms with E-state index in [1.807, 2.05) is 43.3 Å². The van der Waals surface area contributed by atoms with Gasteiger partial charge in [-0.2, -0.15) is 5.10 Å². The van der Waals surface area contributed by atoms with Gasteiger partial charge in [0, 0.05) is 62.6 Å². The minimum atomic E-state index is -0.0679. The lowest BCUT2D eigenvalue weighted by molar-refractivity contribution is -0.00835. The van der Waals surface area contributed by atoms with E-state index in [1.54, 1.807) is 0 Å². The number of hydrogen-bond acceptors (Lipinski definition) is 4. The maximum absolute atomic E-state index is 6.60. The highest BCUT2D eigenvalue weighted by molar-refractivity contribution is 14.0. The fourth-order valence-electron chi connectivity index (χ4n) is 4.43. The quantitative estimate of drug-likeness (QED) is 0.354. The Morgan fingerprint density at radius 1 is 1.29 bits per heavy atom. The summed E-state index contributed by atoms with van der Waals surface area (Å²) < 4.78 is 13.5. The Labute approximate surface area is 206 Å². The largest absolute Gasteiger partial charge is 0.381 e. The average Bonchev–Trinajstić information content (AvgIpc) is 3.22. The van der Waals surface area contributed by atoms with Crippen LogP contribution >= 0.6 is 35.6 Å². The number of aryl methyl sites for hydroxylation is 1. The van der Waals surface area contributed by atoms with E-state index >= 15 is 0 Å². The summed E-state index contributed by atoms with van der Waals surface area (Å²) in [7, 11) is 3.76. The first-order valence-electron chi connectivity index (χ1n) is 10.5. The number of ether oxygens (including phenoxy) is 2. The van der Waals surface area contributed by atoms with Gasteiger partial charge in [-0.05, 0) is 24.5 Å². The minimum absolute atomic E-state index is 0. The normalized spacial score (nSPS) is 21.5. The van der Waals surface area contributed by atoms with Crippen LogP contribution in [0.5, 0.6) is 0 Å². The third kappa shape index (κ3) is 5.53. The molecule has 0 bridgehead atoms. The van der Waals surface area contributed by atoms with Gasteiger partial charge < -0.3 is 19.7 Å². The van der Waals surface area contributed by atoms with Crippen LogP contribution in [0.2, 0.25) is 5.02 Å². The van der Waals surface area contributed by atoms with Crippen LogP contribution in [0.4, 0.5) is 0 Å². The molecule has 1 aromatic heterocycles. The number of nitrogens with zero attached hydrogens (tertiary/aromatic N) is 4. The summed E-state index contributed by atoms with van der Waals surface area (Å²) in [5.41, 5.74) is 2.21. The van der Waals surface area contributed by atoms with E-state index in [9.17, 15) is 0 Å². The Hall–Kier alpha value is -1.36. The average molecular weight is 560 g/mol. The van der Waals surface area contributed by atoms with Gasteiger partial charge in [0.1, 0.15) is 6.10 Å². The van der Waals surface area contributed by atoms with E-state index in [0.29, 0.717) is 6.61 Å². The van der Waals surface area contributed by atoms with Gasteiger partial charge >= 0.3 is 0 Å². The molecule has 0 spiro atoms. The SMILES string of the molecule is CN=C(NCC1(c2ccccc2Cl)CCOCC1)N1CCOC(c2cnn(C)c2)C1.I. The summed E-state index contributed by atoms with van der Waals surface area (Å²) in [5.74, 6) is 0.894. The van der Waals surface area contributed by atoms with Crippen LogP contribution in [0.25, 0.3) is 0 Å². The summed E-state index contributed by atoms with van der Waals surface area (Å²) in [5, 5.41) is 8.73. The minimum Gasteiger partial charge on any atom is -0.381 e. The highest BCUT2D eigenvalue weighted by atomic mass is 127. The van der Waals surface area contributed by atoms with E-state index in [0.717, 1.165) is 62.2 Å². The number of guanidine groups is 1. The number of benzene rings is 1. The first-order valence-corrected chi connectivity index (χ1v) is 10.9. The van der Waals surface area contributed by atoms with Gasteiger partial charge in [-0.25, -0.2) is 0 Å². The van der Waals surface area contributed by atoms with Crippen molar-refractivity contribution in [1.82, 2.24) is 20.0 Å². The van der Waals surface area contributed by atoms with Gasteiger partial charge in [-0.3, -0.25) is 9.67 Å². The maximum Gasteiger partial charge on any atom is 0.193 e. The lowest BCUT2D eigenvalue weighted by Gasteiger charge is -2.40. The van der Waals surface area contributed by atoms with Crippen LogP contribution in [-0.4, -0.2) is 67.1 Å². The lowest BCUT2D eigenvalue weighted by Crippen LogP contribution is -2.52. The van der Waals surface area contributed by atoms with Crippen LogP contribution in [0.15, 0.2) is 41.7 Å². The molecule has 0 saturated carbocycles. The van der Waals surface area contributed by atoms with Crippen molar-refractivity contribution >= 4 is 41.5 Å². The summed E-state index contributed by atoms with van der Waals surface area (Å²) >= 11 is 6.60. The number of aliphatic imine (C=N–C) groups is 1. The Balaban J connectivity index is 0.00000272. The maximum atomic E-state index is 6.60. The summed E-state index contributed by atoms with van der Waals surface area (Å²) in [6.45, 7) is 4.45. The first kappa shape index (κ1) is 24.3. The Morgan fingerprint density at radius 3 is 2.74 bits per heavy atom. The number of aromatic nitrogens is 2. The van der Waals surface area contributed by atoms with Gasteiger partial charge in [-0.15, -0.1) is 24.0 Å². The fourth-order valence-corrected chi connectivity index (χ4v) is 4.76. The molecule has 7 nitrogen and oxygen atoms in total. The molecule has 3 heterocycles. The van der Waals surface area contributed by atoms with Crippen molar-refractivity contribution in [2.24, 2.45) is 12.0 Å².